The van der Waals surface area contributed by atoms with E-state index in [4.69, 9.17) is 5.73 Å². The van der Waals surface area contributed by atoms with Crippen molar-refractivity contribution in [3.8, 4) is 0 Å². The van der Waals surface area contributed by atoms with E-state index in [1.165, 1.54) is 6.07 Å². The molecule has 0 radical (unpaired) electrons. The Bertz CT molecular complexity index is 868. The van der Waals surface area contributed by atoms with Crippen LogP contribution >= 0.6 is 0 Å². The number of aromatic nitrogens is 2. The van der Waals surface area contributed by atoms with Crippen LogP contribution in [0.5, 0.6) is 0 Å². The molecule has 0 bridgehead atoms. The van der Waals surface area contributed by atoms with Crippen molar-refractivity contribution in [1.29, 1.82) is 0 Å². The number of nitrogens with one attached hydrogen (secondary N) is 2. The number of aryl methyl sites for hydroxylation is 1. The van der Waals surface area contributed by atoms with Gasteiger partial charge in [-0.2, -0.15) is 0 Å². The number of nitrogen functional groups attached to an aromatic ring is 1. The van der Waals surface area contributed by atoms with Gasteiger partial charge in [0, 0.05) is 5.69 Å². The minimum absolute atomic E-state index is 0.186. The Morgan fingerprint density at radius 1 is 1.29 bits per heavy atom. The average molecular weight is 284 g/mol. The Balaban J connectivity index is 2.10. The molecule has 1 aromatic heterocycles. The van der Waals surface area contributed by atoms with Gasteiger partial charge in [-0.05, 0) is 36.8 Å². The van der Waals surface area contributed by atoms with E-state index in [9.17, 15) is 9.18 Å². The maximum atomic E-state index is 13.8. The van der Waals surface area contributed by atoms with Crippen molar-refractivity contribution >= 4 is 28.2 Å². The highest BCUT2D eigenvalue weighted by molar-refractivity contribution is 5.82. The Hall–Kier alpha value is -2.89. The van der Waals surface area contributed by atoms with Crippen molar-refractivity contribution in [2.75, 3.05) is 11.1 Å². The molecule has 6 heteroatoms. The Morgan fingerprint density at radius 3 is 2.86 bits per heavy atom. The summed E-state index contributed by atoms with van der Waals surface area (Å²) in [7, 11) is 0. The topological polar surface area (TPSA) is 83.8 Å². The number of para-hydroxylation sites is 1. The van der Waals surface area contributed by atoms with Gasteiger partial charge in [-0.25, -0.2) is 9.37 Å². The highest BCUT2D eigenvalue weighted by Crippen LogP contribution is 2.22. The van der Waals surface area contributed by atoms with Gasteiger partial charge in [0.1, 0.15) is 5.82 Å². The lowest BCUT2D eigenvalue weighted by Gasteiger charge is -2.10. The van der Waals surface area contributed by atoms with Gasteiger partial charge in [0.05, 0.1) is 16.6 Å². The molecular formula is C15H13FN4O. The molecule has 0 atom stereocenters. The summed E-state index contributed by atoms with van der Waals surface area (Å²) in [6.07, 6.45) is 0. The summed E-state index contributed by atoms with van der Waals surface area (Å²) in [5.41, 5.74) is 7.30. The molecule has 106 valence electrons. The standard InChI is InChI=1S/C15H13FN4O/c1-8-3-2-4-11(16)13(8)19-15-18-12-6-5-9(17)7-10(12)14(21)20-15/h2-7H,17H2,1H3,(H2,18,19,20,21). The second-order valence-corrected chi connectivity index (χ2v) is 4.75. The molecular weight excluding hydrogens is 271 g/mol. The van der Waals surface area contributed by atoms with Gasteiger partial charge in [0.2, 0.25) is 5.95 Å². The van der Waals surface area contributed by atoms with Crippen LogP contribution in [0.15, 0.2) is 41.2 Å². The third-order valence-electron chi connectivity index (χ3n) is 3.19. The molecule has 0 saturated carbocycles. The molecule has 0 aliphatic rings. The van der Waals surface area contributed by atoms with Crippen LogP contribution < -0.4 is 16.6 Å². The van der Waals surface area contributed by atoms with Crippen LogP contribution in [0, 0.1) is 12.7 Å². The van der Waals surface area contributed by atoms with Gasteiger partial charge >= 0.3 is 0 Å². The fourth-order valence-electron chi connectivity index (χ4n) is 2.12. The van der Waals surface area contributed by atoms with Crippen molar-refractivity contribution in [1.82, 2.24) is 9.97 Å². The van der Waals surface area contributed by atoms with Gasteiger partial charge in [-0.1, -0.05) is 12.1 Å². The molecule has 0 fully saturated rings. The fourth-order valence-corrected chi connectivity index (χ4v) is 2.12. The summed E-state index contributed by atoms with van der Waals surface area (Å²) < 4.78 is 13.8. The largest absolute Gasteiger partial charge is 0.399 e. The number of H-pyrrole nitrogens is 1. The van der Waals surface area contributed by atoms with Crippen LogP contribution in [-0.4, -0.2) is 9.97 Å². The normalized spacial score (nSPS) is 10.8. The number of halogens is 1. The van der Waals surface area contributed by atoms with Crippen LogP contribution in [0.2, 0.25) is 0 Å². The molecule has 0 saturated heterocycles. The predicted molar refractivity (Wildman–Crippen MR) is 81.2 cm³/mol. The van der Waals surface area contributed by atoms with Crippen molar-refractivity contribution in [3.63, 3.8) is 0 Å². The van der Waals surface area contributed by atoms with E-state index < -0.39 is 5.82 Å². The first kappa shape index (κ1) is 13.1. The van der Waals surface area contributed by atoms with Crippen LogP contribution in [0.3, 0.4) is 0 Å². The van der Waals surface area contributed by atoms with E-state index in [1.54, 1.807) is 37.3 Å². The van der Waals surface area contributed by atoms with E-state index in [-0.39, 0.29) is 17.2 Å². The number of hydrogen-bond acceptors (Lipinski definition) is 4. The van der Waals surface area contributed by atoms with Crippen LogP contribution in [0.25, 0.3) is 10.9 Å². The van der Waals surface area contributed by atoms with Crippen molar-refractivity contribution in [2.24, 2.45) is 0 Å². The predicted octanol–water partition coefficient (Wildman–Crippen LogP) is 2.70. The molecule has 4 N–H and O–H groups in total. The lowest BCUT2D eigenvalue weighted by Crippen LogP contribution is -2.12. The van der Waals surface area contributed by atoms with E-state index in [1.807, 2.05) is 0 Å². The van der Waals surface area contributed by atoms with Gasteiger partial charge in [-0.3, -0.25) is 9.78 Å². The third kappa shape index (κ3) is 2.43. The number of nitrogens with zero attached hydrogens (tertiary/aromatic N) is 1. The molecule has 0 aliphatic carbocycles. The number of anilines is 3. The lowest BCUT2D eigenvalue weighted by atomic mass is 10.2. The first-order valence-corrected chi connectivity index (χ1v) is 6.36. The monoisotopic (exact) mass is 284 g/mol. The average Bonchev–Trinajstić information content (AvgIpc) is 2.44. The third-order valence-corrected chi connectivity index (χ3v) is 3.19. The van der Waals surface area contributed by atoms with Crippen molar-refractivity contribution < 1.29 is 4.39 Å². The Kier molecular flexibility index (Phi) is 3.06. The highest BCUT2D eigenvalue weighted by Gasteiger charge is 2.09. The van der Waals surface area contributed by atoms with E-state index >= 15 is 0 Å². The number of rotatable bonds is 2. The fraction of sp³-hybridized carbons (Fsp3) is 0.0667. The molecule has 0 aliphatic heterocycles. The minimum atomic E-state index is -0.407. The van der Waals surface area contributed by atoms with Gasteiger partial charge in [0.25, 0.3) is 5.56 Å². The summed E-state index contributed by atoms with van der Waals surface area (Å²) >= 11 is 0. The molecule has 0 amide bonds. The quantitative estimate of drug-likeness (QED) is 0.632. The summed E-state index contributed by atoms with van der Waals surface area (Å²) in [5.74, 6) is -0.222. The summed E-state index contributed by atoms with van der Waals surface area (Å²) in [6, 6.07) is 9.60. The maximum Gasteiger partial charge on any atom is 0.260 e. The Labute approximate surface area is 119 Å². The minimum Gasteiger partial charge on any atom is -0.399 e. The summed E-state index contributed by atoms with van der Waals surface area (Å²) in [5, 5.41) is 3.21. The number of aromatic amines is 1. The zero-order valence-corrected chi connectivity index (χ0v) is 11.3. The van der Waals surface area contributed by atoms with E-state index in [0.29, 0.717) is 16.6 Å². The van der Waals surface area contributed by atoms with Gasteiger partial charge < -0.3 is 11.1 Å². The zero-order valence-electron chi connectivity index (χ0n) is 11.3. The molecule has 1 heterocycles. The summed E-state index contributed by atoms with van der Waals surface area (Å²) in [4.78, 5) is 18.9. The van der Waals surface area contributed by atoms with Crippen LogP contribution in [-0.2, 0) is 0 Å². The smallest absolute Gasteiger partial charge is 0.260 e. The SMILES string of the molecule is Cc1cccc(F)c1Nc1nc2ccc(N)cc2c(=O)[nH]1. The lowest BCUT2D eigenvalue weighted by molar-refractivity contribution is 0.630. The number of nitrogens with two attached hydrogens (primary N) is 1. The highest BCUT2D eigenvalue weighted by atomic mass is 19.1. The molecule has 0 spiro atoms. The first-order chi connectivity index (χ1) is 10.0. The molecule has 3 aromatic rings. The maximum absolute atomic E-state index is 13.8. The van der Waals surface area contributed by atoms with Crippen molar-refractivity contribution in [2.45, 2.75) is 6.92 Å². The van der Waals surface area contributed by atoms with Crippen LogP contribution in [0.4, 0.5) is 21.7 Å². The summed E-state index contributed by atoms with van der Waals surface area (Å²) in [6.45, 7) is 1.77. The molecule has 3 rings (SSSR count). The molecule has 0 unspecified atom stereocenters. The van der Waals surface area contributed by atoms with Crippen LogP contribution in [0.1, 0.15) is 5.56 Å². The first-order valence-electron chi connectivity index (χ1n) is 6.36. The van der Waals surface area contributed by atoms with E-state index in [0.717, 1.165) is 5.56 Å². The Morgan fingerprint density at radius 2 is 2.10 bits per heavy atom. The number of hydrogen-bond donors (Lipinski definition) is 3. The second-order valence-electron chi connectivity index (χ2n) is 4.75. The molecule has 21 heavy (non-hydrogen) atoms. The van der Waals surface area contributed by atoms with E-state index in [2.05, 4.69) is 15.3 Å². The number of fused-ring (bicyclic) bond motifs is 1. The zero-order chi connectivity index (χ0) is 15.0. The molecule has 2 aromatic carbocycles. The van der Waals surface area contributed by atoms with Gasteiger partial charge in [0.15, 0.2) is 0 Å². The van der Waals surface area contributed by atoms with Gasteiger partial charge in [-0.15, -0.1) is 0 Å². The molecule has 5 nitrogen and oxygen atoms in total. The number of benzene rings is 2. The van der Waals surface area contributed by atoms with Crippen molar-refractivity contribution in [3.05, 3.63) is 58.1 Å². The second kappa shape index (κ2) is 4.90.